The topological polar surface area (TPSA) is 61.8 Å². The summed E-state index contributed by atoms with van der Waals surface area (Å²) in [5.74, 6) is 0.806. The van der Waals surface area contributed by atoms with Gasteiger partial charge in [-0.2, -0.15) is 0 Å². The lowest BCUT2D eigenvalue weighted by molar-refractivity contribution is -0.141. The van der Waals surface area contributed by atoms with Crippen molar-refractivity contribution in [2.24, 2.45) is 0 Å². The number of rotatable bonds is 16. The van der Waals surface area contributed by atoms with Crippen molar-refractivity contribution in [3.05, 3.63) is 42.5 Å². The Bertz CT molecular complexity index is 594. The predicted molar refractivity (Wildman–Crippen MR) is 115 cm³/mol. The molecule has 0 bridgehead atoms. The summed E-state index contributed by atoms with van der Waals surface area (Å²) in [6, 6.07) is 8.38. The SMILES string of the molecule is C=CC(=O)OCCCCCCOc1ccc(C(CCC)CCCOC(C)=O)cc1. The average molecular weight is 405 g/mol. The third kappa shape index (κ3) is 12.0. The first-order valence-corrected chi connectivity index (χ1v) is 10.7. The molecule has 0 spiro atoms. The van der Waals surface area contributed by atoms with Crippen LogP contribution in [0.25, 0.3) is 0 Å². The fourth-order valence-corrected chi connectivity index (χ4v) is 3.19. The Labute approximate surface area is 175 Å². The van der Waals surface area contributed by atoms with Gasteiger partial charge in [-0.15, -0.1) is 0 Å². The van der Waals surface area contributed by atoms with E-state index in [0.717, 1.165) is 57.1 Å². The van der Waals surface area contributed by atoms with Crippen molar-refractivity contribution >= 4 is 11.9 Å². The standard InChI is InChI=1S/C24H36O5/c1-4-11-21(12-10-19-27-20(3)25)22-13-15-23(16-14-22)28-17-8-6-7-9-18-29-24(26)5-2/h5,13-16,21H,2,4,6-12,17-19H2,1,3H3. The molecule has 5 nitrogen and oxygen atoms in total. The van der Waals surface area contributed by atoms with Crippen LogP contribution in [0.4, 0.5) is 0 Å². The van der Waals surface area contributed by atoms with Gasteiger partial charge in [0.05, 0.1) is 19.8 Å². The third-order valence-electron chi connectivity index (χ3n) is 4.71. The fraction of sp³-hybridized carbons (Fsp3) is 0.583. The number of unbranched alkanes of at least 4 members (excludes halogenated alkanes) is 3. The number of carbonyl (C=O) groups excluding carboxylic acids is 2. The molecule has 0 saturated heterocycles. The molecule has 0 aliphatic carbocycles. The Morgan fingerprint density at radius 2 is 1.59 bits per heavy atom. The smallest absolute Gasteiger partial charge is 0.330 e. The molecule has 1 unspecified atom stereocenters. The molecule has 0 aromatic heterocycles. The molecule has 0 N–H and O–H groups in total. The largest absolute Gasteiger partial charge is 0.494 e. The molecule has 5 heteroatoms. The molecule has 0 amide bonds. The maximum atomic E-state index is 10.9. The molecule has 1 atom stereocenters. The van der Waals surface area contributed by atoms with Crippen molar-refractivity contribution in [3.63, 3.8) is 0 Å². The van der Waals surface area contributed by atoms with E-state index in [-0.39, 0.29) is 11.9 Å². The van der Waals surface area contributed by atoms with Crippen LogP contribution < -0.4 is 4.74 Å². The van der Waals surface area contributed by atoms with Crippen LogP contribution in [-0.2, 0) is 19.1 Å². The maximum absolute atomic E-state index is 10.9. The first kappa shape index (κ1) is 24.7. The molecule has 1 rings (SSSR count). The van der Waals surface area contributed by atoms with Crippen LogP contribution >= 0.6 is 0 Å². The second-order valence-electron chi connectivity index (χ2n) is 7.17. The van der Waals surface area contributed by atoms with Crippen LogP contribution in [0, 0.1) is 0 Å². The van der Waals surface area contributed by atoms with Gasteiger partial charge in [-0.25, -0.2) is 4.79 Å². The quantitative estimate of drug-likeness (QED) is 0.204. The highest BCUT2D eigenvalue weighted by molar-refractivity contribution is 5.81. The summed E-state index contributed by atoms with van der Waals surface area (Å²) in [7, 11) is 0. The summed E-state index contributed by atoms with van der Waals surface area (Å²) in [5.41, 5.74) is 1.32. The number of ether oxygens (including phenoxy) is 3. The van der Waals surface area contributed by atoms with E-state index in [2.05, 4.69) is 25.6 Å². The van der Waals surface area contributed by atoms with E-state index in [0.29, 0.717) is 25.7 Å². The van der Waals surface area contributed by atoms with Crippen molar-refractivity contribution in [1.82, 2.24) is 0 Å². The van der Waals surface area contributed by atoms with E-state index in [1.165, 1.54) is 18.6 Å². The van der Waals surface area contributed by atoms with Gasteiger partial charge < -0.3 is 14.2 Å². The highest BCUT2D eigenvalue weighted by Gasteiger charge is 2.11. The van der Waals surface area contributed by atoms with Crippen LogP contribution in [0.2, 0.25) is 0 Å². The molecule has 0 saturated carbocycles. The van der Waals surface area contributed by atoms with Gasteiger partial charge in [0.25, 0.3) is 0 Å². The molecule has 0 aliphatic heterocycles. The van der Waals surface area contributed by atoms with Crippen molar-refractivity contribution in [2.45, 2.75) is 71.1 Å². The lowest BCUT2D eigenvalue weighted by Crippen LogP contribution is -2.05. The van der Waals surface area contributed by atoms with E-state index < -0.39 is 0 Å². The second-order valence-corrected chi connectivity index (χ2v) is 7.17. The van der Waals surface area contributed by atoms with Gasteiger partial charge in [0.1, 0.15) is 5.75 Å². The minimum absolute atomic E-state index is 0.213. The zero-order valence-corrected chi connectivity index (χ0v) is 18.0. The van der Waals surface area contributed by atoms with Gasteiger partial charge in [0, 0.05) is 13.0 Å². The Kier molecular flexibility index (Phi) is 13.3. The number of esters is 2. The lowest BCUT2D eigenvalue weighted by Gasteiger charge is -2.17. The zero-order valence-electron chi connectivity index (χ0n) is 18.0. The van der Waals surface area contributed by atoms with Crippen molar-refractivity contribution < 1.29 is 23.8 Å². The van der Waals surface area contributed by atoms with Crippen LogP contribution in [-0.4, -0.2) is 31.8 Å². The summed E-state index contributed by atoms with van der Waals surface area (Å²) < 4.78 is 15.8. The van der Waals surface area contributed by atoms with Crippen LogP contribution in [0.15, 0.2) is 36.9 Å². The third-order valence-corrected chi connectivity index (χ3v) is 4.71. The maximum Gasteiger partial charge on any atom is 0.330 e. The summed E-state index contributed by atoms with van der Waals surface area (Å²) in [5, 5.41) is 0. The molecule has 162 valence electrons. The van der Waals surface area contributed by atoms with Crippen LogP contribution in [0.3, 0.4) is 0 Å². The van der Waals surface area contributed by atoms with Crippen molar-refractivity contribution in [2.75, 3.05) is 19.8 Å². The molecule has 0 heterocycles. The number of hydrogen-bond acceptors (Lipinski definition) is 5. The highest BCUT2D eigenvalue weighted by atomic mass is 16.5. The minimum atomic E-state index is -0.359. The molecule has 0 aliphatic rings. The first-order chi connectivity index (χ1) is 14.1. The summed E-state index contributed by atoms with van der Waals surface area (Å²) in [6.45, 7) is 8.64. The van der Waals surface area contributed by atoms with E-state index in [1.807, 2.05) is 12.1 Å². The van der Waals surface area contributed by atoms with Crippen LogP contribution in [0.5, 0.6) is 5.75 Å². The molecule has 0 radical (unpaired) electrons. The van der Waals surface area contributed by atoms with Crippen molar-refractivity contribution in [1.29, 1.82) is 0 Å². The van der Waals surface area contributed by atoms with E-state index in [4.69, 9.17) is 14.2 Å². The fourth-order valence-electron chi connectivity index (χ4n) is 3.19. The summed E-state index contributed by atoms with van der Waals surface area (Å²) in [6.07, 6.45) is 9.25. The highest BCUT2D eigenvalue weighted by Crippen LogP contribution is 2.28. The van der Waals surface area contributed by atoms with E-state index in [1.54, 1.807) is 0 Å². The summed E-state index contributed by atoms with van der Waals surface area (Å²) >= 11 is 0. The lowest BCUT2D eigenvalue weighted by atomic mass is 9.90. The first-order valence-electron chi connectivity index (χ1n) is 10.7. The Balaban J connectivity index is 2.26. The Hall–Kier alpha value is -2.30. The molecule has 0 fully saturated rings. The van der Waals surface area contributed by atoms with Gasteiger partial charge in [-0.05, 0) is 68.6 Å². The molecule has 1 aromatic carbocycles. The molecule has 29 heavy (non-hydrogen) atoms. The van der Waals surface area contributed by atoms with Crippen LogP contribution in [0.1, 0.15) is 76.7 Å². The van der Waals surface area contributed by atoms with Gasteiger partial charge >= 0.3 is 11.9 Å². The predicted octanol–water partition coefficient (Wildman–Crippen LogP) is 5.58. The normalized spacial score (nSPS) is 11.5. The number of benzene rings is 1. The average Bonchev–Trinajstić information content (AvgIpc) is 2.72. The van der Waals surface area contributed by atoms with E-state index in [9.17, 15) is 9.59 Å². The number of hydrogen-bond donors (Lipinski definition) is 0. The van der Waals surface area contributed by atoms with Gasteiger partial charge in [0.2, 0.25) is 0 Å². The Morgan fingerprint density at radius 1 is 0.931 bits per heavy atom. The minimum Gasteiger partial charge on any atom is -0.494 e. The van der Waals surface area contributed by atoms with Gasteiger partial charge in [0.15, 0.2) is 0 Å². The molecular formula is C24H36O5. The number of carbonyl (C=O) groups is 2. The monoisotopic (exact) mass is 404 g/mol. The Morgan fingerprint density at radius 3 is 2.21 bits per heavy atom. The molecule has 1 aromatic rings. The van der Waals surface area contributed by atoms with Gasteiger partial charge in [-0.3, -0.25) is 4.79 Å². The van der Waals surface area contributed by atoms with Gasteiger partial charge in [-0.1, -0.05) is 32.1 Å². The molecular weight excluding hydrogens is 368 g/mol. The van der Waals surface area contributed by atoms with E-state index >= 15 is 0 Å². The summed E-state index contributed by atoms with van der Waals surface area (Å²) in [4.78, 5) is 21.8. The second kappa shape index (κ2) is 15.6. The van der Waals surface area contributed by atoms with Crippen molar-refractivity contribution in [3.8, 4) is 5.75 Å². The zero-order chi connectivity index (χ0) is 21.3.